The third-order valence-electron chi connectivity index (χ3n) is 3.30. The second-order valence-electron chi connectivity index (χ2n) is 5.59. The number of aryl methyl sites for hydroxylation is 1. The van der Waals surface area contributed by atoms with E-state index in [0.29, 0.717) is 35.4 Å². The number of ether oxygens (including phenoxy) is 1. The number of nitrogens with one attached hydrogen (secondary N) is 2. The van der Waals surface area contributed by atoms with Gasteiger partial charge in [-0.15, -0.1) is 5.10 Å². The molecular weight excluding hydrogens is 296 g/mol. The van der Waals surface area contributed by atoms with Crippen molar-refractivity contribution in [1.82, 2.24) is 25.5 Å². The molecular formula is C15H22N6O2. The standard InChI is InChI=1S/C15H22N6O2/c1-10(2)7-8-16-15(22)17-12-5-6-14(23-4)13(9-12)21-11(3)18-19-20-21/h5-6,9-10H,7-8H2,1-4H3,(H2,16,17,22). The first kappa shape index (κ1) is 16.7. The van der Waals surface area contributed by atoms with Crippen LogP contribution in [0.1, 0.15) is 26.1 Å². The van der Waals surface area contributed by atoms with Crippen molar-refractivity contribution >= 4 is 11.7 Å². The molecule has 0 bridgehead atoms. The number of urea groups is 1. The lowest BCUT2D eigenvalue weighted by atomic mass is 10.1. The maximum absolute atomic E-state index is 11.9. The van der Waals surface area contributed by atoms with Crippen LogP contribution in [0.3, 0.4) is 0 Å². The number of aromatic nitrogens is 4. The zero-order valence-corrected chi connectivity index (χ0v) is 13.8. The molecule has 0 atom stereocenters. The molecule has 2 N–H and O–H groups in total. The van der Waals surface area contributed by atoms with Crippen LogP contribution >= 0.6 is 0 Å². The summed E-state index contributed by atoms with van der Waals surface area (Å²) in [6.07, 6.45) is 0.936. The highest BCUT2D eigenvalue weighted by Gasteiger charge is 2.12. The number of methoxy groups -OCH3 is 1. The van der Waals surface area contributed by atoms with Crippen molar-refractivity contribution < 1.29 is 9.53 Å². The Morgan fingerprint density at radius 3 is 2.78 bits per heavy atom. The van der Waals surface area contributed by atoms with Crippen molar-refractivity contribution in [2.24, 2.45) is 5.92 Å². The summed E-state index contributed by atoms with van der Waals surface area (Å²) in [5, 5.41) is 17.1. The lowest BCUT2D eigenvalue weighted by Gasteiger charge is -2.12. The number of tetrazole rings is 1. The minimum Gasteiger partial charge on any atom is -0.494 e. The average molecular weight is 318 g/mol. The predicted molar refractivity (Wildman–Crippen MR) is 86.9 cm³/mol. The molecule has 1 heterocycles. The van der Waals surface area contributed by atoms with Crippen molar-refractivity contribution in [2.45, 2.75) is 27.2 Å². The zero-order valence-electron chi connectivity index (χ0n) is 13.8. The Morgan fingerprint density at radius 1 is 1.39 bits per heavy atom. The molecule has 0 spiro atoms. The third kappa shape index (κ3) is 4.41. The van der Waals surface area contributed by atoms with E-state index in [1.807, 2.05) is 0 Å². The number of hydrogen-bond acceptors (Lipinski definition) is 5. The van der Waals surface area contributed by atoms with Gasteiger partial charge in [-0.05, 0) is 47.9 Å². The molecule has 0 aliphatic rings. The van der Waals surface area contributed by atoms with Gasteiger partial charge in [0.15, 0.2) is 5.82 Å². The van der Waals surface area contributed by atoms with Crippen LogP contribution in [0.2, 0.25) is 0 Å². The summed E-state index contributed by atoms with van der Waals surface area (Å²) in [5.74, 6) is 1.79. The first-order chi connectivity index (χ1) is 11.0. The number of carbonyl (C=O) groups is 1. The molecule has 124 valence electrons. The van der Waals surface area contributed by atoms with Gasteiger partial charge in [0, 0.05) is 12.2 Å². The molecule has 8 heteroatoms. The maximum atomic E-state index is 11.9. The molecule has 0 fully saturated rings. The largest absolute Gasteiger partial charge is 0.494 e. The summed E-state index contributed by atoms with van der Waals surface area (Å²) in [4.78, 5) is 11.9. The zero-order chi connectivity index (χ0) is 16.8. The number of nitrogens with zero attached hydrogens (tertiary/aromatic N) is 4. The average Bonchev–Trinajstić information content (AvgIpc) is 2.92. The second kappa shape index (κ2) is 7.57. The van der Waals surface area contributed by atoms with Crippen LogP contribution < -0.4 is 15.4 Å². The molecule has 0 aliphatic carbocycles. The van der Waals surface area contributed by atoms with Crippen LogP contribution in [-0.4, -0.2) is 39.9 Å². The van der Waals surface area contributed by atoms with Gasteiger partial charge < -0.3 is 15.4 Å². The topological polar surface area (TPSA) is 94.0 Å². The van der Waals surface area contributed by atoms with Gasteiger partial charge in [-0.25, -0.2) is 4.79 Å². The number of anilines is 1. The maximum Gasteiger partial charge on any atom is 0.319 e. The summed E-state index contributed by atoms with van der Waals surface area (Å²) in [5.41, 5.74) is 1.30. The Bertz CT molecular complexity index is 668. The molecule has 2 rings (SSSR count). The normalized spacial score (nSPS) is 10.7. The smallest absolute Gasteiger partial charge is 0.319 e. The first-order valence-electron chi connectivity index (χ1n) is 7.49. The Hall–Kier alpha value is -2.64. The van der Waals surface area contributed by atoms with Gasteiger partial charge in [0.1, 0.15) is 11.4 Å². The Kier molecular flexibility index (Phi) is 5.51. The molecule has 0 radical (unpaired) electrons. The quantitative estimate of drug-likeness (QED) is 0.851. The lowest BCUT2D eigenvalue weighted by molar-refractivity contribution is 0.251. The van der Waals surface area contributed by atoms with Gasteiger partial charge in [0.2, 0.25) is 0 Å². The molecule has 0 saturated carbocycles. The number of carbonyl (C=O) groups excluding carboxylic acids is 1. The van der Waals surface area contributed by atoms with E-state index in [-0.39, 0.29) is 6.03 Å². The van der Waals surface area contributed by atoms with Crippen molar-refractivity contribution in [3.63, 3.8) is 0 Å². The van der Waals surface area contributed by atoms with Crippen molar-refractivity contribution in [3.05, 3.63) is 24.0 Å². The van der Waals surface area contributed by atoms with E-state index in [9.17, 15) is 4.79 Å². The van der Waals surface area contributed by atoms with Crippen molar-refractivity contribution in [2.75, 3.05) is 19.0 Å². The van der Waals surface area contributed by atoms with Gasteiger partial charge in [-0.2, -0.15) is 4.68 Å². The summed E-state index contributed by atoms with van der Waals surface area (Å²) >= 11 is 0. The highest BCUT2D eigenvalue weighted by Crippen LogP contribution is 2.26. The Balaban J connectivity index is 2.12. The van der Waals surface area contributed by atoms with Gasteiger partial charge in [0.25, 0.3) is 0 Å². The number of benzene rings is 1. The highest BCUT2D eigenvalue weighted by molar-refractivity contribution is 5.89. The predicted octanol–water partition coefficient (Wildman–Crippen LogP) is 2.15. The van der Waals surface area contributed by atoms with Gasteiger partial charge in [-0.1, -0.05) is 13.8 Å². The molecule has 1 aromatic carbocycles. The molecule has 2 amide bonds. The van der Waals surface area contributed by atoms with Crippen LogP contribution in [-0.2, 0) is 0 Å². The van der Waals surface area contributed by atoms with Crippen LogP contribution in [0, 0.1) is 12.8 Å². The summed E-state index contributed by atoms with van der Waals surface area (Å²) in [6, 6.07) is 5.06. The molecule has 0 aliphatic heterocycles. The fraction of sp³-hybridized carbons (Fsp3) is 0.467. The number of hydrogen-bond donors (Lipinski definition) is 2. The highest BCUT2D eigenvalue weighted by atomic mass is 16.5. The van der Waals surface area contributed by atoms with Crippen LogP contribution in [0.5, 0.6) is 5.75 Å². The summed E-state index contributed by atoms with van der Waals surface area (Å²) in [7, 11) is 1.57. The summed E-state index contributed by atoms with van der Waals surface area (Å²) in [6.45, 7) is 6.66. The minimum absolute atomic E-state index is 0.241. The third-order valence-corrected chi connectivity index (χ3v) is 3.30. The van der Waals surface area contributed by atoms with Crippen LogP contribution in [0.25, 0.3) is 5.69 Å². The first-order valence-corrected chi connectivity index (χ1v) is 7.49. The van der Waals surface area contributed by atoms with E-state index < -0.39 is 0 Å². The Labute approximate surface area is 135 Å². The molecule has 0 saturated heterocycles. The second-order valence-corrected chi connectivity index (χ2v) is 5.59. The monoisotopic (exact) mass is 318 g/mol. The van der Waals surface area contributed by atoms with Gasteiger partial charge in [0.05, 0.1) is 7.11 Å². The van der Waals surface area contributed by atoms with Crippen molar-refractivity contribution in [3.8, 4) is 11.4 Å². The minimum atomic E-state index is -0.241. The summed E-state index contributed by atoms with van der Waals surface area (Å²) < 4.78 is 6.89. The molecule has 23 heavy (non-hydrogen) atoms. The van der Waals surface area contributed by atoms with E-state index in [4.69, 9.17) is 4.74 Å². The lowest BCUT2D eigenvalue weighted by Crippen LogP contribution is -2.30. The number of amides is 2. The van der Waals surface area contributed by atoms with Gasteiger partial charge in [-0.3, -0.25) is 0 Å². The van der Waals surface area contributed by atoms with Crippen molar-refractivity contribution in [1.29, 1.82) is 0 Å². The molecule has 0 unspecified atom stereocenters. The molecule has 8 nitrogen and oxygen atoms in total. The number of rotatable bonds is 6. The van der Waals surface area contributed by atoms with Gasteiger partial charge >= 0.3 is 6.03 Å². The van der Waals surface area contributed by atoms with Crippen LogP contribution in [0.4, 0.5) is 10.5 Å². The Morgan fingerprint density at radius 2 is 2.17 bits per heavy atom. The van der Waals surface area contributed by atoms with E-state index in [1.54, 1.807) is 36.9 Å². The van der Waals surface area contributed by atoms with E-state index >= 15 is 0 Å². The van der Waals surface area contributed by atoms with E-state index in [2.05, 4.69) is 40.0 Å². The van der Waals surface area contributed by atoms with E-state index in [1.165, 1.54) is 0 Å². The molecule has 1 aromatic heterocycles. The SMILES string of the molecule is COc1ccc(NC(=O)NCCC(C)C)cc1-n1nnnc1C. The van der Waals surface area contributed by atoms with E-state index in [0.717, 1.165) is 6.42 Å². The molecule has 2 aromatic rings. The fourth-order valence-corrected chi connectivity index (χ4v) is 2.04. The fourth-order valence-electron chi connectivity index (χ4n) is 2.04. The van der Waals surface area contributed by atoms with Crippen LogP contribution in [0.15, 0.2) is 18.2 Å².